The summed E-state index contributed by atoms with van der Waals surface area (Å²) >= 11 is 5.90. The molecule has 0 radical (unpaired) electrons. The van der Waals surface area contributed by atoms with Crippen LogP contribution in [0.1, 0.15) is 11.1 Å². The molecule has 0 heterocycles. The third-order valence-electron chi connectivity index (χ3n) is 1.91. The predicted octanol–water partition coefficient (Wildman–Crippen LogP) is 2.14. The molecule has 0 saturated carbocycles. The Kier molecular flexibility index (Phi) is 3.54. The second-order valence-corrected chi connectivity index (χ2v) is 3.12. The van der Waals surface area contributed by atoms with Crippen LogP contribution in [-0.4, -0.2) is 12.3 Å². The minimum Gasteiger partial charge on any atom is -0.495 e. The van der Waals surface area contributed by atoms with E-state index in [1.807, 2.05) is 13.0 Å². The second kappa shape index (κ2) is 4.46. The maximum Gasteiger partial charge on any atom is 0.142 e. The van der Waals surface area contributed by atoms with Crippen LogP contribution >= 0.6 is 11.6 Å². The van der Waals surface area contributed by atoms with Crippen molar-refractivity contribution in [3.05, 3.63) is 28.3 Å². The van der Waals surface area contributed by atoms with Gasteiger partial charge in [-0.3, -0.25) is 0 Å². The van der Waals surface area contributed by atoms with Crippen molar-refractivity contribution in [2.24, 2.45) is 0 Å². The Morgan fingerprint density at radius 2 is 2.23 bits per heavy atom. The van der Waals surface area contributed by atoms with E-state index in [1.54, 1.807) is 13.2 Å². The lowest BCUT2D eigenvalue weighted by Gasteiger charge is -2.11. The molecule has 1 rings (SSSR count). The summed E-state index contributed by atoms with van der Waals surface area (Å²) in [6, 6.07) is 3.66. The van der Waals surface area contributed by atoms with Crippen molar-refractivity contribution >= 4 is 11.6 Å². The molecule has 0 aliphatic rings. The van der Waals surface area contributed by atoms with Crippen molar-refractivity contribution < 1.29 is 9.94 Å². The first-order valence-corrected chi connectivity index (χ1v) is 4.27. The first-order chi connectivity index (χ1) is 6.20. The van der Waals surface area contributed by atoms with Crippen LogP contribution in [0.4, 0.5) is 0 Å². The topological polar surface area (TPSA) is 41.5 Å². The molecule has 0 saturated heterocycles. The molecule has 0 atom stereocenters. The molecule has 0 bridgehead atoms. The average Bonchev–Trinajstić information content (AvgIpc) is 2.12. The standard InChI is InChI=1S/C9H12ClNO2/c1-6-3-4-8(10)9(13-2)7(6)5-11-12/h3-4,11-12H,5H2,1-2H3. The smallest absolute Gasteiger partial charge is 0.142 e. The Hall–Kier alpha value is -0.770. The van der Waals surface area contributed by atoms with E-state index in [9.17, 15) is 0 Å². The Morgan fingerprint density at radius 3 is 2.77 bits per heavy atom. The fourth-order valence-corrected chi connectivity index (χ4v) is 1.47. The van der Waals surface area contributed by atoms with E-state index in [2.05, 4.69) is 5.48 Å². The molecule has 0 amide bonds. The minimum absolute atomic E-state index is 0.329. The van der Waals surface area contributed by atoms with Crippen LogP contribution in [0.5, 0.6) is 5.75 Å². The zero-order chi connectivity index (χ0) is 9.84. The fourth-order valence-electron chi connectivity index (χ4n) is 1.22. The van der Waals surface area contributed by atoms with Gasteiger partial charge in [-0.1, -0.05) is 17.7 Å². The van der Waals surface area contributed by atoms with Crippen molar-refractivity contribution in [2.45, 2.75) is 13.5 Å². The monoisotopic (exact) mass is 201 g/mol. The van der Waals surface area contributed by atoms with Gasteiger partial charge < -0.3 is 9.94 Å². The van der Waals surface area contributed by atoms with Crippen LogP contribution in [0.3, 0.4) is 0 Å². The number of aryl methyl sites for hydroxylation is 1. The van der Waals surface area contributed by atoms with Gasteiger partial charge >= 0.3 is 0 Å². The van der Waals surface area contributed by atoms with Gasteiger partial charge in [0.05, 0.1) is 12.1 Å². The highest BCUT2D eigenvalue weighted by atomic mass is 35.5. The molecule has 0 aliphatic carbocycles. The Morgan fingerprint density at radius 1 is 1.54 bits per heavy atom. The molecule has 3 nitrogen and oxygen atoms in total. The highest BCUT2D eigenvalue weighted by molar-refractivity contribution is 6.32. The first kappa shape index (κ1) is 10.3. The molecule has 0 aromatic heterocycles. The third-order valence-corrected chi connectivity index (χ3v) is 2.20. The van der Waals surface area contributed by atoms with Crippen molar-refractivity contribution in [3.63, 3.8) is 0 Å². The number of rotatable bonds is 3. The second-order valence-electron chi connectivity index (χ2n) is 2.71. The lowest BCUT2D eigenvalue weighted by molar-refractivity contribution is 0.160. The summed E-state index contributed by atoms with van der Waals surface area (Å²) < 4.78 is 5.13. The van der Waals surface area contributed by atoms with E-state index in [-0.39, 0.29) is 0 Å². The Balaban J connectivity index is 3.18. The summed E-state index contributed by atoms with van der Waals surface area (Å²) in [4.78, 5) is 0. The summed E-state index contributed by atoms with van der Waals surface area (Å²) in [5.41, 5.74) is 3.99. The number of methoxy groups -OCH3 is 1. The summed E-state index contributed by atoms with van der Waals surface area (Å²) in [6.07, 6.45) is 0. The molecule has 4 heteroatoms. The van der Waals surface area contributed by atoms with Gasteiger partial charge in [0.25, 0.3) is 0 Å². The summed E-state index contributed by atoms with van der Waals surface area (Å²) in [7, 11) is 1.56. The van der Waals surface area contributed by atoms with Gasteiger partial charge in [0.2, 0.25) is 0 Å². The van der Waals surface area contributed by atoms with Crippen molar-refractivity contribution in [3.8, 4) is 5.75 Å². The van der Waals surface area contributed by atoms with Crippen molar-refractivity contribution in [1.29, 1.82) is 0 Å². The van der Waals surface area contributed by atoms with Gasteiger partial charge in [-0.05, 0) is 18.6 Å². The Labute approximate surface area is 82.2 Å². The van der Waals surface area contributed by atoms with Crippen LogP contribution in [0, 0.1) is 6.92 Å². The van der Waals surface area contributed by atoms with Gasteiger partial charge in [-0.15, -0.1) is 0 Å². The lowest BCUT2D eigenvalue weighted by atomic mass is 10.1. The number of ether oxygens (including phenoxy) is 1. The van der Waals surface area contributed by atoms with E-state index in [0.717, 1.165) is 11.1 Å². The summed E-state index contributed by atoms with van der Waals surface area (Å²) in [5.74, 6) is 0.614. The molecule has 0 spiro atoms. The number of hydroxylamine groups is 1. The quantitative estimate of drug-likeness (QED) is 0.737. The number of hydrogen-bond acceptors (Lipinski definition) is 3. The lowest BCUT2D eigenvalue weighted by Crippen LogP contribution is -2.09. The normalized spacial score (nSPS) is 10.2. The van der Waals surface area contributed by atoms with E-state index in [0.29, 0.717) is 17.3 Å². The van der Waals surface area contributed by atoms with Crippen LogP contribution in [-0.2, 0) is 6.54 Å². The zero-order valence-electron chi connectivity index (χ0n) is 7.60. The van der Waals surface area contributed by atoms with Crippen LogP contribution in [0.2, 0.25) is 5.02 Å². The number of halogens is 1. The number of hydrogen-bond donors (Lipinski definition) is 2. The highest BCUT2D eigenvalue weighted by Crippen LogP contribution is 2.30. The van der Waals surface area contributed by atoms with Crippen LogP contribution < -0.4 is 10.2 Å². The van der Waals surface area contributed by atoms with Gasteiger partial charge in [0.15, 0.2) is 0 Å². The minimum atomic E-state index is 0.329. The largest absolute Gasteiger partial charge is 0.495 e. The Bertz CT molecular complexity index is 302. The summed E-state index contributed by atoms with van der Waals surface area (Å²) in [6.45, 7) is 2.26. The average molecular weight is 202 g/mol. The molecule has 0 fully saturated rings. The van der Waals surface area contributed by atoms with Crippen molar-refractivity contribution in [2.75, 3.05) is 7.11 Å². The molecule has 13 heavy (non-hydrogen) atoms. The fraction of sp³-hybridized carbons (Fsp3) is 0.333. The molecule has 0 unspecified atom stereocenters. The van der Waals surface area contributed by atoms with E-state index >= 15 is 0 Å². The zero-order valence-corrected chi connectivity index (χ0v) is 8.35. The van der Waals surface area contributed by atoms with Crippen LogP contribution in [0.25, 0.3) is 0 Å². The number of nitrogens with one attached hydrogen (secondary N) is 1. The SMILES string of the molecule is COc1c(Cl)ccc(C)c1CNO. The van der Waals surface area contributed by atoms with E-state index in [4.69, 9.17) is 21.5 Å². The van der Waals surface area contributed by atoms with Crippen LogP contribution in [0.15, 0.2) is 12.1 Å². The van der Waals surface area contributed by atoms with E-state index in [1.165, 1.54) is 0 Å². The van der Waals surface area contributed by atoms with Gasteiger partial charge in [-0.25, -0.2) is 5.48 Å². The maximum atomic E-state index is 8.61. The highest BCUT2D eigenvalue weighted by Gasteiger charge is 2.09. The molecule has 1 aromatic rings. The molecular weight excluding hydrogens is 190 g/mol. The molecule has 2 N–H and O–H groups in total. The van der Waals surface area contributed by atoms with Gasteiger partial charge in [-0.2, -0.15) is 0 Å². The molecule has 1 aromatic carbocycles. The molecule has 0 aliphatic heterocycles. The third kappa shape index (κ3) is 2.12. The number of benzene rings is 1. The van der Waals surface area contributed by atoms with E-state index < -0.39 is 0 Å². The predicted molar refractivity (Wildman–Crippen MR) is 51.4 cm³/mol. The molecular formula is C9H12ClNO2. The maximum absolute atomic E-state index is 8.61. The van der Waals surface area contributed by atoms with Crippen molar-refractivity contribution in [1.82, 2.24) is 5.48 Å². The molecule has 72 valence electrons. The summed E-state index contributed by atoms with van der Waals surface area (Å²) in [5, 5.41) is 9.16. The first-order valence-electron chi connectivity index (χ1n) is 3.89. The van der Waals surface area contributed by atoms with Gasteiger partial charge in [0.1, 0.15) is 5.75 Å². The van der Waals surface area contributed by atoms with Gasteiger partial charge in [0, 0.05) is 12.1 Å².